The molecule has 0 saturated heterocycles. The summed E-state index contributed by atoms with van der Waals surface area (Å²) in [6.45, 7) is 1.55. The molecule has 2 N–H and O–H groups in total. The smallest absolute Gasteiger partial charge is 0.191 e. The van der Waals surface area contributed by atoms with Crippen molar-refractivity contribution < 1.29 is 4.74 Å². The van der Waals surface area contributed by atoms with Gasteiger partial charge in [0.15, 0.2) is 5.96 Å². The highest BCUT2D eigenvalue weighted by molar-refractivity contribution is 7.99. The standard InChI is InChI=1S/C18H22ClN3OS/c1-20-18(22-13-14-3-7-16(23-2)8-4-14)21-11-12-24-17-9-5-15(19)6-10-17/h3-10H,11-13H2,1-2H3,(H2,20,21,22). The molecule has 2 aromatic carbocycles. The van der Waals surface area contributed by atoms with Crippen LogP contribution in [0.3, 0.4) is 0 Å². The Bertz CT molecular complexity index is 644. The molecule has 0 bridgehead atoms. The van der Waals surface area contributed by atoms with Gasteiger partial charge in [0.25, 0.3) is 0 Å². The number of guanidine groups is 1. The van der Waals surface area contributed by atoms with Crippen LogP contribution < -0.4 is 15.4 Å². The Hall–Kier alpha value is -1.85. The van der Waals surface area contributed by atoms with Gasteiger partial charge in [0, 0.05) is 35.8 Å². The zero-order valence-electron chi connectivity index (χ0n) is 13.9. The normalized spacial score (nSPS) is 11.2. The summed E-state index contributed by atoms with van der Waals surface area (Å²) in [5.41, 5.74) is 1.18. The van der Waals surface area contributed by atoms with Gasteiger partial charge in [0.05, 0.1) is 7.11 Å². The fraction of sp³-hybridized carbons (Fsp3) is 0.278. The Morgan fingerprint density at radius 3 is 2.42 bits per heavy atom. The lowest BCUT2D eigenvalue weighted by molar-refractivity contribution is 0.414. The van der Waals surface area contributed by atoms with Crippen LogP contribution in [0.2, 0.25) is 5.02 Å². The van der Waals surface area contributed by atoms with E-state index in [2.05, 4.69) is 15.6 Å². The van der Waals surface area contributed by atoms with Crippen molar-refractivity contribution in [3.05, 3.63) is 59.1 Å². The molecule has 0 amide bonds. The molecule has 0 aromatic heterocycles. The first kappa shape index (κ1) is 18.5. The zero-order chi connectivity index (χ0) is 17.2. The maximum absolute atomic E-state index is 5.88. The minimum atomic E-state index is 0.716. The molecular weight excluding hydrogens is 342 g/mol. The topological polar surface area (TPSA) is 45.7 Å². The molecule has 0 unspecified atom stereocenters. The maximum Gasteiger partial charge on any atom is 0.191 e. The molecule has 24 heavy (non-hydrogen) atoms. The fourth-order valence-electron chi connectivity index (χ4n) is 2.02. The molecule has 0 radical (unpaired) electrons. The van der Waals surface area contributed by atoms with Crippen molar-refractivity contribution in [2.75, 3.05) is 26.5 Å². The molecule has 0 atom stereocenters. The molecule has 2 aromatic rings. The van der Waals surface area contributed by atoms with Gasteiger partial charge in [-0.1, -0.05) is 23.7 Å². The summed E-state index contributed by atoms with van der Waals surface area (Å²) in [6.07, 6.45) is 0. The minimum absolute atomic E-state index is 0.716. The minimum Gasteiger partial charge on any atom is -0.497 e. The van der Waals surface area contributed by atoms with E-state index in [1.54, 1.807) is 25.9 Å². The third-order valence-corrected chi connectivity index (χ3v) is 4.59. The number of halogens is 1. The number of benzene rings is 2. The number of rotatable bonds is 7. The quantitative estimate of drug-likeness (QED) is 0.340. The molecule has 2 rings (SSSR count). The fourth-order valence-corrected chi connectivity index (χ4v) is 2.91. The van der Waals surface area contributed by atoms with Gasteiger partial charge in [-0.3, -0.25) is 4.99 Å². The number of methoxy groups -OCH3 is 1. The lowest BCUT2D eigenvalue weighted by atomic mass is 10.2. The van der Waals surface area contributed by atoms with Gasteiger partial charge in [-0.25, -0.2) is 0 Å². The second-order valence-electron chi connectivity index (χ2n) is 5.00. The average molecular weight is 364 g/mol. The highest BCUT2D eigenvalue weighted by Crippen LogP contribution is 2.19. The molecule has 6 heteroatoms. The summed E-state index contributed by atoms with van der Waals surface area (Å²) in [7, 11) is 3.44. The summed E-state index contributed by atoms with van der Waals surface area (Å²) < 4.78 is 5.16. The maximum atomic E-state index is 5.88. The molecule has 128 valence electrons. The summed E-state index contributed by atoms with van der Waals surface area (Å²) in [5.74, 6) is 2.60. The van der Waals surface area contributed by atoms with Gasteiger partial charge in [0.1, 0.15) is 5.75 Å². The van der Waals surface area contributed by atoms with Crippen LogP contribution >= 0.6 is 23.4 Å². The molecule has 0 aliphatic heterocycles. The van der Waals surface area contributed by atoms with Crippen molar-refractivity contribution in [3.8, 4) is 5.75 Å². The highest BCUT2D eigenvalue weighted by atomic mass is 35.5. The van der Waals surface area contributed by atoms with Crippen LogP contribution in [-0.2, 0) is 6.54 Å². The van der Waals surface area contributed by atoms with Gasteiger partial charge in [-0.2, -0.15) is 0 Å². The number of nitrogens with zero attached hydrogens (tertiary/aromatic N) is 1. The SMILES string of the molecule is CN=C(NCCSc1ccc(Cl)cc1)NCc1ccc(OC)cc1. The van der Waals surface area contributed by atoms with Crippen LogP contribution in [0.1, 0.15) is 5.56 Å². The monoisotopic (exact) mass is 363 g/mol. The lowest BCUT2D eigenvalue weighted by Gasteiger charge is -2.12. The molecule has 0 heterocycles. The van der Waals surface area contributed by atoms with Crippen LogP contribution in [0.25, 0.3) is 0 Å². The zero-order valence-corrected chi connectivity index (χ0v) is 15.5. The lowest BCUT2D eigenvalue weighted by Crippen LogP contribution is -2.37. The van der Waals surface area contributed by atoms with Crippen LogP contribution in [0.5, 0.6) is 5.75 Å². The summed E-state index contributed by atoms with van der Waals surface area (Å²) in [5, 5.41) is 7.38. The Labute approximate surface area is 152 Å². The molecule has 0 saturated carbocycles. The highest BCUT2D eigenvalue weighted by Gasteiger charge is 2.00. The van der Waals surface area contributed by atoms with Crippen LogP contribution in [0.4, 0.5) is 0 Å². The number of nitrogens with one attached hydrogen (secondary N) is 2. The Morgan fingerprint density at radius 2 is 1.79 bits per heavy atom. The van der Waals surface area contributed by atoms with E-state index in [0.717, 1.165) is 29.0 Å². The Balaban J connectivity index is 1.69. The number of aliphatic imine (C=N–C) groups is 1. The Morgan fingerprint density at radius 1 is 1.08 bits per heavy atom. The second kappa shape index (κ2) is 10.1. The van der Waals surface area contributed by atoms with Crippen LogP contribution in [-0.4, -0.2) is 32.4 Å². The van der Waals surface area contributed by atoms with Crippen molar-refractivity contribution in [1.82, 2.24) is 10.6 Å². The second-order valence-corrected chi connectivity index (χ2v) is 6.61. The van der Waals surface area contributed by atoms with Crippen molar-refractivity contribution in [2.24, 2.45) is 4.99 Å². The van der Waals surface area contributed by atoms with E-state index in [-0.39, 0.29) is 0 Å². The van der Waals surface area contributed by atoms with Gasteiger partial charge in [-0.05, 0) is 42.0 Å². The van der Waals surface area contributed by atoms with Crippen molar-refractivity contribution in [3.63, 3.8) is 0 Å². The Kier molecular flexibility index (Phi) is 7.79. The first-order valence-corrected chi connectivity index (χ1v) is 9.03. The summed E-state index contributed by atoms with van der Waals surface area (Å²) >= 11 is 7.67. The van der Waals surface area contributed by atoms with Gasteiger partial charge in [-0.15, -0.1) is 11.8 Å². The first-order chi connectivity index (χ1) is 11.7. The third-order valence-electron chi connectivity index (χ3n) is 3.32. The predicted molar refractivity (Wildman–Crippen MR) is 103 cm³/mol. The van der Waals surface area contributed by atoms with E-state index >= 15 is 0 Å². The van der Waals surface area contributed by atoms with E-state index in [4.69, 9.17) is 16.3 Å². The number of ether oxygens (including phenoxy) is 1. The van der Waals surface area contributed by atoms with Gasteiger partial charge < -0.3 is 15.4 Å². The summed E-state index contributed by atoms with van der Waals surface area (Å²) in [6, 6.07) is 15.9. The van der Waals surface area contributed by atoms with E-state index < -0.39 is 0 Å². The molecule has 0 aliphatic rings. The molecule has 4 nitrogen and oxygen atoms in total. The molecule has 0 fully saturated rings. The summed E-state index contributed by atoms with van der Waals surface area (Å²) in [4.78, 5) is 5.45. The van der Waals surface area contributed by atoms with Crippen LogP contribution in [0, 0.1) is 0 Å². The van der Waals surface area contributed by atoms with E-state index in [1.807, 2.05) is 48.5 Å². The largest absolute Gasteiger partial charge is 0.497 e. The third kappa shape index (κ3) is 6.34. The number of thioether (sulfide) groups is 1. The van der Waals surface area contributed by atoms with E-state index in [1.165, 1.54) is 10.5 Å². The van der Waals surface area contributed by atoms with Crippen molar-refractivity contribution >= 4 is 29.3 Å². The number of hydrogen-bond donors (Lipinski definition) is 2. The van der Waals surface area contributed by atoms with Crippen molar-refractivity contribution in [1.29, 1.82) is 0 Å². The average Bonchev–Trinajstić information content (AvgIpc) is 2.63. The first-order valence-electron chi connectivity index (χ1n) is 7.67. The van der Waals surface area contributed by atoms with Gasteiger partial charge >= 0.3 is 0 Å². The van der Waals surface area contributed by atoms with Crippen molar-refractivity contribution in [2.45, 2.75) is 11.4 Å². The van der Waals surface area contributed by atoms with E-state index in [0.29, 0.717) is 6.54 Å². The molecular formula is C18H22ClN3OS. The van der Waals surface area contributed by atoms with E-state index in [9.17, 15) is 0 Å². The van der Waals surface area contributed by atoms with Gasteiger partial charge in [0.2, 0.25) is 0 Å². The molecule has 0 aliphatic carbocycles. The van der Waals surface area contributed by atoms with Crippen LogP contribution in [0.15, 0.2) is 58.4 Å². The number of hydrogen-bond acceptors (Lipinski definition) is 3. The molecule has 0 spiro atoms. The predicted octanol–water partition coefficient (Wildman–Crippen LogP) is 3.81.